The van der Waals surface area contributed by atoms with Crippen molar-refractivity contribution in [3.63, 3.8) is 0 Å². The summed E-state index contributed by atoms with van der Waals surface area (Å²) in [5, 5.41) is 0.613. The van der Waals surface area contributed by atoms with E-state index in [9.17, 15) is 4.79 Å². The van der Waals surface area contributed by atoms with E-state index < -0.39 is 0 Å². The third-order valence-corrected chi connectivity index (χ3v) is 3.66. The lowest BCUT2D eigenvalue weighted by molar-refractivity contribution is 0.0978. The monoisotopic (exact) mass is 316 g/mol. The van der Waals surface area contributed by atoms with Gasteiger partial charge in [-0.05, 0) is 24.6 Å². The summed E-state index contributed by atoms with van der Waals surface area (Å²) >= 11 is 9.28. The molecular formula is C14H18BrClO. The smallest absolute Gasteiger partial charge is 0.164 e. The summed E-state index contributed by atoms with van der Waals surface area (Å²) in [6, 6.07) is 5.34. The predicted molar refractivity (Wildman–Crippen MR) is 76.9 cm³/mol. The normalized spacial score (nSPS) is 10.5. The van der Waals surface area contributed by atoms with E-state index in [0.717, 1.165) is 17.3 Å². The Hall–Kier alpha value is -0.340. The van der Waals surface area contributed by atoms with Crippen LogP contribution >= 0.6 is 27.5 Å². The maximum atomic E-state index is 12.0. The molecule has 0 aliphatic carbocycles. The maximum Gasteiger partial charge on any atom is 0.164 e. The van der Waals surface area contributed by atoms with Gasteiger partial charge in [-0.3, -0.25) is 4.79 Å². The van der Waals surface area contributed by atoms with E-state index in [4.69, 9.17) is 11.6 Å². The van der Waals surface area contributed by atoms with Crippen LogP contribution in [-0.2, 0) is 0 Å². The van der Waals surface area contributed by atoms with Crippen LogP contribution in [0.15, 0.2) is 22.7 Å². The van der Waals surface area contributed by atoms with E-state index in [-0.39, 0.29) is 5.78 Å². The fraction of sp³-hybridized carbons (Fsp3) is 0.500. The summed E-state index contributed by atoms with van der Waals surface area (Å²) in [5.41, 5.74) is 0.702. The van der Waals surface area contributed by atoms with Gasteiger partial charge in [-0.2, -0.15) is 0 Å². The lowest BCUT2D eigenvalue weighted by Gasteiger charge is -2.04. The highest BCUT2D eigenvalue weighted by atomic mass is 79.9. The quantitative estimate of drug-likeness (QED) is 0.469. The number of ketones is 1. The van der Waals surface area contributed by atoms with Crippen LogP contribution in [0.2, 0.25) is 5.02 Å². The molecule has 0 radical (unpaired) electrons. The summed E-state index contributed by atoms with van der Waals surface area (Å²) in [4.78, 5) is 12.0. The van der Waals surface area contributed by atoms with E-state index in [1.54, 1.807) is 12.1 Å². The average Bonchev–Trinajstić information content (AvgIpc) is 2.32. The summed E-state index contributed by atoms with van der Waals surface area (Å²) in [5.74, 6) is 0.177. The zero-order chi connectivity index (χ0) is 12.7. The molecule has 0 saturated carbocycles. The zero-order valence-corrected chi connectivity index (χ0v) is 12.5. The van der Waals surface area contributed by atoms with Gasteiger partial charge in [-0.15, -0.1) is 0 Å². The molecule has 0 bridgehead atoms. The van der Waals surface area contributed by atoms with Gasteiger partial charge < -0.3 is 0 Å². The number of benzene rings is 1. The predicted octanol–water partition coefficient (Wildman–Crippen LogP) is 5.65. The lowest BCUT2D eigenvalue weighted by Crippen LogP contribution is -2.00. The van der Waals surface area contributed by atoms with Crippen molar-refractivity contribution in [2.75, 3.05) is 0 Å². The zero-order valence-electron chi connectivity index (χ0n) is 10.1. The van der Waals surface area contributed by atoms with Gasteiger partial charge in [0.25, 0.3) is 0 Å². The number of rotatable bonds is 7. The molecule has 0 aromatic heterocycles. The number of unbranched alkanes of at least 4 members (excludes halogenated alkanes) is 4. The van der Waals surface area contributed by atoms with Gasteiger partial charge in [-0.25, -0.2) is 0 Å². The highest BCUT2D eigenvalue weighted by Gasteiger charge is 2.10. The topological polar surface area (TPSA) is 17.1 Å². The molecule has 0 N–H and O–H groups in total. The van der Waals surface area contributed by atoms with Crippen LogP contribution in [0.3, 0.4) is 0 Å². The fourth-order valence-electron chi connectivity index (χ4n) is 1.73. The van der Waals surface area contributed by atoms with Crippen LogP contribution in [0.5, 0.6) is 0 Å². The molecule has 0 atom stereocenters. The largest absolute Gasteiger partial charge is 0.294 e. The van der Waals surface area contributed by atoms with E-state index >= 15 is 0 Å². The number of hydrogen-bond donors (Lipinski definition) is 0. The highest BCUT2D eigenvalue weighted by Crippen LogP contribution is 2.23. The second-order valence-corrected chi connectivity index (χ2v) is 5.50. The standard InChI is InChI=1S/C14H18BrClO/c1-2-3-4-5-6-7-14(17)12-10-11(16)8-9-13(12)15/h8-10H,2-7H2,1H3. The third kappa shape index (κ3) is 5.22. The average molecular weight is 318 g/mol. The van der Waals surface area contributed by atoms with Crippen LogP contribution in [-0.4, -0.2) is 5.78 Å². The van der Waals surface area contributed by atoms with E-state index in [1.165, 1.54) is 19.3 Å². The molecule has 1 aromatic carbocycles. The molecule has 1 aromatic rings. The Labute approximate surface area is 117 Å². The molecule has 0 saturated heterocycles. The molecule has 0 aliphatic rings. The van der Waals surface area contributed by atoms with Crippen LogP contribution in [0.1, 0.15) is 55.8 Å². The third-order valence-electron chi connectivity index (χ3n) is 2.74. The van der Waals surface area contributed by atoms with Crippen molar-refractivity contribution in [1.82, 2.24) is 0 Å². The number of carbonyl (C=O) groups is 1. The van der Waals surface area contributed by atoms with E-state index in [1.807, 2.05) is 6.07 Å². The van der Waals surface area contributed by atoms with Crippen molar-refractivity contribution in [1.29, 1.82) is 0 Å². The number of hydrogen-bond acceptors (Lipinski definition) is 1. The van der Waals surface area contributed by atoms with Crippen LogP contribution in [0.4, 0.5) is 0 Å². The fourth-order valence-corrected chi connectivity index (χ4v) is 2.37. The molecule has 0 aliphatic heterocycles. The molecule has 0 unspecified atom stereocenters. The van der Waals surface area contributed by atoms with Gasteiger partial charge in [0.1, 0.15) is 0 Å². The molecule has 1 rings (SSSR count). The molecule has 0 spiro atoms. The van der Waals surface area contributed by atoms with E-state index in [2.05, 4.69) is 22.9 Å². The molecule has 3 heteroatoms. The molecule has 94 valence electrons. The first-order chi connectivity index (χ1) is 8.15. The van der Waals surface area contributed by atoms with Crippen molar-refractivity contribution >= 4 is 33.3 Å². The lowest BCUT2D eigenvalue weighted by atomic mass is 10.0. The number of halogens is 2. The maximum absolute atomic E-state index is 12.0. The minimum atomic E-state index is 0.177. The molecular weight excluding hydrogens is 300 g/mol. The number of carbonyl (C=O) groups excluding carboxylic acids is 1. The van der Waals surface area contributed by atoms with Gasteiger partial charge >= 0.3 is 0 Å². The van der Waals surface area contributed by atoms with Crippen LogP contribution in [0, 0.1) is 0 Å². The van der Waals surface area contributed by atoms with Crippen LogP contribution in [0.25, 0.3) is 0 Å². The number of Topliss-reactive ketones (excluding diaryl/α,β-unsaturated/α-hetero) is 1. The van der Waals surface area contributed by atoms with Crippen LogP contribution < -0.4 is 0 Å². The molecule has 0 fully saturated rings. The first-order valence-corrected chi connectivity index (χ1v) is 7.30. The Bertz CT molecular complexity index is 376. The SMILES string of the molecule is CCCCCCCC(=O)c1cc(Cl)ccc1Br. The highest BCUT2D eigenvalue weighted by molar-refractivity contribution is 9.10. The summed E-state index contributed by atoms with van der Waals surface area (Å²) in [7, 11) is 0. The molecule has 1 nitrogen and oxygen atoms in total. The van der Waals surface area contributed by atoms with Gasteiger partial charge in [0.15, 0.2) is 5.78 Å². The van der Waals surface area contributed by atoms with Crippen molar-refractivity contribution in [3.8, 4) is 0 Å². The minimum absolute atomic E-state index is 0.177. The Balaban J connectivity index is 2.44. The van der Waals surface area contributed by atoms with Gasteiger partial charge in [-0.1, -0.05) is 60.1 Å². The van der Waals surface area contributed by atoms with Crippen molar-refractivity contribution < 1.29 is 4.79 Å². The van der Waals surface area contributed by atoms with Crippen molar-refractivity contribution in [2.45, 2.75) is 45.4 Å². The molecule has 0 amide bonds. The summed E-state index contributed by atoms with van der Waals surface area (Å²) < 4.78 is 0.834. The Morgan fingerprint density at radius 2 is 1.94 bits per heavy atom. The first kappa shape index (κ1) is 14.7. The van der Waals surface area contributed by atoms with Gasteiger partial charge in [0.05, 0.1) is 0 Å². The molecule has 17 heavy (non-hydrogen) atoms. The summed E-state index contributed by atoms with van der Waals surface area (Å²) in [6.45, 7) is 2.19. The first-order valence-electron chi connectivity index (χ1n) is 6.13. The molecule has 0 heterocycles. The van der Waals surface area contributed by atoms with Gasteiger partial charge in [0.2, 0.25) is 0 Å². The Morgan fingerprint density at radius 3 is 2.65 bits per heavy atom. The van der Waals surface area contributed by atoms with Gasteiger partial charge in [0, 0.05) is 21.5 Å². The van der Waals surface area contributed by atoms with Crippen molar-refractivity contribution in [3.05, 3.63) is 33.3 Å². The van der Waals surface area contributed by atoms with E-state index in [0.29, 0.717) is 17.0 Å². The second kappa shape index (κ2) is 7.88. The van der Waals surface area contributed by atoms with Crippen molar-refractivity contribution in [2.24, 2.45) is 0 Å². The Kier molecular flexibility index (Phi) is 6.83. The second-order valence-electron chi connectivity index (χ2n) is 4.21. The Morgan fingerprint density at radius 1 is 1.24 bits per heavy atom. The minimum Gasteiger partial charge on any atom is -0.294 e. The summed E-state index contributed by atoms with van der Waals surface area (Å²) in [6.07, 6.45) is 6.43.